The number of fused-ring (bicyclic) bond motifs is 1. The van der Waals surface area contributed by atoms with Gasteiger partial charge in [0.05, 0.1) is 11.3 Å². The lowest BCUT2D eigenvalue weighted by Crippen LogP contribution is -2.36. The lowest BCUT2D eigenvalue weighted by molar-refractivity contribution is 0.242. The number of H-pyrrole nitrogens is 1. The Hall–Kier alpha value is -2.14. The second-order valence-electron chi connectivity index (χ2n) is 7.27. The Kier molecular flexibility index (Phi) is 4.83. The van der Waals surface area contributed by atoms with Crippen LogP contribution in [0.1, 0.15) is 48.9 Å². The fraction of sp³-hybridized carbons (Fsp3) is 0.500. The van der Waals surface area contributed by atoms with Gasteiger partial charge >= 0.3 is 0 Å². The molecule has 2 aliphatic rings. The van der Waals surface area contributed by atoms with E-state index in [-0.39, 0.29) is 5.56 Å². The van der Waals surface area contributed by atoms with E-state index in [1.807, 2.05) is 6.07 Å². The Morgan fingerprint density at radius 2 is 1.96 bits per heavy atom. The molecule has 1 aliphatic carbocycles. The Labute approximate surface area is 148 Å². The standard InChI is InChI=1S/C20H26N4O/c25-19-17-14-24(13-15-7-3-1-4-8-15)12-11-18(17)22-20(23-19)21-16-9-5-2-6-10-16/h1,3-4,7-8,16H,2,5-6,9-14H2,(H2,21,22,23,25). The first-order chi connectivity index (χ1) is 12.3. The molecule has 1 aromatic carbocycles. The molecule has 0 unspecified atom stereocenters. The van der Waals surface area contributed by atoms with Crippen LogP contribution in [-0.4, -0.2) is 27.5 Å². The number of hydrogen-bond donors (Lipinski definition) is 2. The Bertz CT molecular complexity index is 765. The largest absolute Gasteiger partial charge is 0.353 e. The summed E-state index contributed by atoms with van der Waals surface area (Å²) in [6.07, 6.45) is 7.04. The van der Waals surface area contributed by atoms with Crippen molar-refractivity contribution in [1.82, 2.24) is 14.9 Å². The summed E-state index contributed by atoms with van der Waals surface area (Å²) < 4.78 is 0. The van der Waals surface area contributed by atoms with E-state index in [9.17, 15) is 4.79 Å². The van der Waals surface area contributed by atoms with Gasteiger partial charge in [-0.2, -0.15) is 0 Å². The average Bonchev–Trinajstić information content (AvgIpc) is 2.64. The van der Waals surface area contributed by atoms with Crippen LogP contribution in [0.5, 0.6) is 0 Å². The highest BCUT2D eigenvalue weighted by Gasteiger charge is 2.22. The number of benzene rings is 1. The van der Waals surface area contributed by atoms with Crippen LogP contribution in [0, 0.1) is 0 Å². The maximum Gasteiger partial charge on any atom is 0.257 e. The highest BCUT2D eigenvalue weighted by molar-refractivity contribution is 5.32. The molecule has 0 saturated heterocycles. The molecule has 4 rings (SSSR count). The molecule has 2 aromatic rings. The maximum absolute atomic E-state index is 12.6. The summed E-state index contributed by atoms with van der Waals surface area (Å²) in [6.45, 7) is 2.50. The summed E-state index contributed by atoms with van der Waals surface area (Å²) in [6, 6.07) is 10.9. The lowest BCUT2D eigenvalue weighted by atomic mass is 9.96. The normalized spacial score (nSPS) is 18.7. The second kappa shape index (κ2) is 7.40. The van der Waals surface area contributed by atoms with Crippen molar-refractivity contribution < 1.29 is 0 Å². The third-order valence-corrected chi connectivity index (χ3v) is 5.34. The quantitative estimate of drug-likeness (QED) is 0.899. The molecule has 0 spiro atoms. The van der Waals surface area contributed by atoms with Crippen LogP contribution in [0.4, 0.5) is 5.95 Å². The molecule has 0 radical (unpaired) electrons. The molecule has 0 amide bonds. The van der Waals surface area contributed by atoms with Crippen LogP contribution in [0.25, 0.3) is 0 Å². The summed E-state index contributed by atoms with van der Waals surface area (Å²) in [5, 5.41) is 3.44. The number of rotatable bonds is 4. The molecular formula is C20H26N4O. The van der Waals surface area contributed by atoms with Gasteiger partial charge in [-0.25, -0.2) is 4.98 Å². The average molecular weight is 338 g/mol. The molecular weight excluding hydrogens is 312 g/mol. The summed E-state index contributed by atoms with van der Waals surface area (Å²) in [7, 11) is 0. The van der Waals surface area contributed by atoms with E-state index in [0.29, 0.717) is 18.5 Å². The number of aromatic amines is 1. The van der Waals surface area contributed by atoms with Gasteiger partial charge in [0.15, 0.2) is 0 Å². The zero-order valence-corrected chi connectivity index (χ0v) is 14.6. The van der Waals surface area contributed by atoms with Gasteiger partial charge in [-0.15, -0.1) is 0 Å². The van der Waals surface area contributed by atoms with Gasteiger partial charge in [-0.1, -0.05) is 49.6 Å². The number of aromatic nitrogens is 2. The van der Waals surface area contributed by atoms with Crippen LogP contribution in [0.3, 0.4) is 0 Å². The van der Waals surface area contributed by atoms with Crippen molar-refractivity contribution in [3.63, 3.8) is 0 Å². The van der Waals surface area contributed by atoms with E-state index in [4.69, 9.17) is 4.98 Å². The fourth-order valence-electron chi connectivity index (χ4n) is 3.97. The van der Waals surface area contributed by atoms with Crippen LogP contribution in [0.15, 0.2) is 35.1 Å². The van der Waals surface area contributed by atoms with Crippen molar-refractivity contribution in [2.45, 2.75) is 57.7 Å². The highest BCUT2D eigenvalue weighted by Crippen LogP contribution is 2.21. The summed E-state index contributed by atoms with van der Waals surface area (Å²) in [5.41, 5.74) is 3.09. The van der Waals surface area contributed by atoms with Gasteiger partial charge in [0.2, 0.25) is 5.95 Å². The zero-order valence-electron chi connectivity index (χ0n) is 14.6. The van der Waals surface area contributed by atoms with Crippen molar-refractivity contribution in [2.24, 2.45) is 0 Å². The molecule has 1 aliphatic heterocycles. The smallest absolute Gasteiger partial charge is 0.257 e. The monoisotopic (exact) mass is 338 g/mol. The first-order valence-corrected chi connectivity index (χ1v) is 9.43. The van der Waals surface area contributed by atoms with Crippen molar-refractivity contribution in [2.75, 3.05) is 11.9 Å². The van der Waals surface area contributed by atoms with E-state index in [1.54, 1.807) is 0 Å². The lowest BCUT2D eigenvalue weighted by Gasteiger charge is -2.28. The molecule has 1 aromatic heterocycles. The van der Waals surface area contributed by atoms with Gasteiger partial charge in [0.25, 0.3) is 5.56 Å². The summed E-state index contributed by atoms with van der Waals surface area (Å²) in [5.74, 6) is 0.659. The molecule has 1 fully saturated rings. The molecule has 5 nitrogen and oxygen atoms in total. The van der Waals surface area contributed by atoms with Gasteiger partial charge in [-0.05, 0) is 18.4 Å². The first-order valence-electron chi connectivity index (χ1n) is 9.43. The van der Waals surface area contributed by atoms with E-state index >= 15 is 0 Å². The predicted molar refractivity (Wildman–Crippen MR) is 99.6 cm³/mol. The minimum atomic E-state index is 0.0149. The summed E-state index contributed by atoms with van der Waals surface area (Å²) >= 11 is 0. The van der Waals surface area contributed by atoms with E-state index in [0.717, 1.165) is 30.8 Å². The molecule has 0 atom stereocenters. The SMILES string of the molecule is O=c1[nH]c(NC2CCCCC2)nc2c1CN(Cc1ccccc1)CC2. The second-order valence-corrected chi connectivity index (χ2v) is 7.27. The Balaban J connectivity index is 1.46. The van der Waals surface area contributed by atoms with Crippen LogP contribution < -0.4 is 10.9 Å². The van der Waals surface area contributed by atoms with Crippen LogP contribution >= 0.6 is 0 Å². The predicted octanol–water partition coefficient (Wildman–Crippen LogP) is 3.07. The number of hydrogen-bond acceptors (Lipinski definition) is 4. The highest BCUT2D eigenvalue weighted by atomic mass is 16.1. The van der Waals surface area contributed by atoms with E-state index in [2.05, 4.69) is 39.5 Å². The fourth-order valence-corrected chi connectivity index (χ4v) is 3.97. The van der Waals surface area contributed by atoms with Gasteiger partial charge in [-0.3, -0.25) is 14.7 Å². The number of nitrogens with zero attached hydrogens (tertiary/aromatic N) is 2. The van der Waals surface area contributed by atoms with E-state index in [1.165, 1.54) is 37.7 Å². The maximum atomic E-state index is 12.6. The van der Waals surface area contributed by atoms with Crippen molar-refractivity contribution in [3.8, 4) is 0 Å². The van der Waals surface area contributed by atoms with Crippen molar-refractivity contribution in [3.05, 3.63) is 57.5 Å². The first kappa shape index (κ1) is 16.3. The third kappa shape index (κ3) is 3.93. The third-order valence-electron chi connectivity index (χ3n) is 5.34. The minimum absolute atomic E-state index is 0.0149. The van der Waals surface area contributed by atoms with Crippen LogP contribution in [0.2, 0.25) is 0 Å². The molecule has 132 valence electrons. The topological polar surface area (TPSA) is 61.0 Å². The van der Waals surface area contributed by atoms with Crippen molar-refractivity contribution >= 4 is 5.95 Å². The van der Waals surface area contributed by atoms with Gasteiger partial charge < -0.3 is 5.32 Å². The van der Waals surface area contributed by atoms with Gasteiger partial charge in [0.1, 0.15) is 0 Å². The molecule has 2 N–H and O–H groups in total. The molecule has 2 heterocycles. The summed E-state index contributed by atoms with van der Waals surface area (Å²) in [4.78, 5) is 22.6. The molecule has 25 heavy (non-hydrogen) atoms. The minimum Gasteiger partial charge on any atom is -0.353 e. The molecule has 1 saturated carbocycles. The zero-order chi connectivity index (χ0) is 17.1. The van der Waals surface area contributed by atoms with Crippen molar-refractivity contribution in [1.29, 1.82) is 0 Å². The van der Waals surface area contributed by atoms with Gasteiger partial charge in [0, 0.05) is 32.1 Å². The molecule has 5 heteroatoms. The number of nitrogens with one attached hydrogen (secondary N) is 2. The van der Waals surface area contributed by atoms with Crippen LogP contribution in [-0.2, 0) is 19.5 Å². The molecule has 0 bridgehead atoms. The Morgan fingerprint density at radius 3 is 2.76 bits per heavy atom. The Morgan fingerprint density at radius 1 is 1.16 bits per heavy atom. The number of anilines is 1. The van der Waals surface area contributed by atoms with E-state index < -0.39 is 0 Å².